The summed E-state index contributed by atoms with van der Waals surface area (Å²) in [4.78, 5) is 21.3. The fourth-order valence-corrected chi connectivity index (χ4v) is 0.671. The van der Waals surface area contributed by atoms with Gasteiger partial charge in [-0.05, 0) is 5.92 Å². The largest absolute Gasteiger partial charge is 0.331 e. The number of hydrogen-bond donors (Lipinski definition) is 2. The van der Waals surface area contributed by atoms with Crippen LogP contribution in [0.4, 0.5) is 4.79 Å². The summed E-state index contributed by atoms with van der Waals surface area (Å²) in [5.41, 5.74) is 0. The van der Waals surface area contributed by atoms with Gasteiger partial charge in [0.1, 0.15) is 0 Å². The number of urea groups is 1. The van der Waals surface area contributed by atoms with Crippen molar-refractivity contribution in [2.24, 2.45) is 5.92 Å². The van der Waals surface area contributed by atoms with Crippen molar-refractivity contribution in [2.45, 2.75) is 20.3 Å². The maximum absolute atomic E-state index is 10.8. The molecule has 0 bridgehead atoms. The lowest BCUT2D eigenvalue weighted by atomic mass is 10.1. The zero-order valence-corrected chi connectivity index (χ0v) is 8.06. The fourth-order valence-electron chi connectivity index (χ4n) is 0.572. The molecular formula is C6H11BrN2O2. The Morgan fingerprint density at radius 1 is 1.45 bits per heavy atom. The average Bonchev–Trinajstić information content (AvgIpc) is 1.85. The monoisotopic (exact) mass is 222 g/mol. The minimum atomic E-state index is -0.532. The standard InChI is InChI=1S/C6H11BrN2O2/c1-4(2)3-5(10)8-6(11)9-7/h4H,3H2,1-2H3,(H2,8,9,10,11). The van der Waals surface area contributed by atoms with E-state index in [9.17, 15) is 9.59 Å². The van der Waals surface area contributed by atoms with Crippen LogP contribution in [0, 0.1) is 5.92 Å². The van der Waals surface area contributed by atoms with Crippen molar-refractivity contribution in [3.05, 3.63) is 0 Å². The minimum Gasteiger partial charge on any atom is -0.277 e. The Labute approximate surface area is 74.1 Å². The van der Waals surface area contributed by atoms with Crippen LogP contribution in [0.5, 0.6) is 0 Å². The number of hydrogen-bond acceptors (Lipinski definition) is 2. The van der Waals surface area contributed by atoms with Gasteiger partial charge >= 0.3 is 6.03 Å². The molecule has 0 unspecified atom stereocenters. The summed E-state index contributed by atoms with van der Waals surface area (Å²) in [7, 11) is 0. The molecule has 4 nitrogen and oxygen atoms in total. The molecule has 0 heterocycles. The highest BCUT2D eigenvalue weighted by Crippen LogP contribution is 1.97. The summed E-state index contributed by atoms with van der Waals surface area (Å²) in [6.07, 6.45) is 0.362. The zero-order valence-electron chi connectivity index (χ0n) is 6.48. The van der Waals surface area contributed by atoms with Gasteiger partial charge in [-0.2, -0.15) is 0 Å². The Balaban J connectivity index is 3.61. The Kier molecular flexibility index (Phi) is 4.85. The molecule has 0 atom stereocenters. The molecule has 0 spiro atoms. The van der Waals surface area contributed by atoms with E-state index < -0.39 is 6.03 Å². The predicted molar refractivity (Wildman–Crippen MR) is 45.1 cm³/mol. The first-order valence-corrected chi connectivity index (χ1v) is 4.06. The van der Waals surface area contributed by atoms with E-state index in [1.54, 1.807) is 0 Å². The van der Waals surface area contributed by atoms with Crippen molar-refractivity contribution in [3.8, 4) is 0 Å². The number of halogens is 1. The van der Waals surface area contributed by atoms with E-state index in [0.717, 1.165) is 0 Å². The van der Waals surface area contributed by atoms with Crippen molar-refractivity contribution in [1.29, 1.82) is 0 Å². The molecular weight excluding hydrogens is 212 g/mol. The lowest BCUT2D eigenvalue weighted by Gasteiger charge is -2.03. The van der Waals surface area contributed by atoms with Gasteiger partial charge < -0.3 is 0 Å². The molecule has 0 aromatic carbocycles. The second kappa shape index (κ2) is 5.12. The van der Waals surface area contributed by atoms with Crippen LogP contribution < -0.4 is 9.66 Å². The van der Waals surface area contributed by atoms with Gasteiger partial charge in [0.15, 0.2) is 0 Å². The van der Waals surface area contributed by atoms with Crippen LogP contribution in [0.15, 0.2) is 0 Å². The summed E-state index contributed by atoms with van der Waals surface area (Å²) in [5.74, 6) is -0.00456. The molecule has 0 radical (unpaired) electrons. The van der Waals surface area contributed by atoms with Crippen molar-refractivity contribution >= 4 is 28.1 Å². The Bertz CT molecular complexity index is 159. The third kappa shape index (κ3) is 5.84. The molecule has 5 heteroatoms. The summed E-state index contributed by atoms with van der Waals surface area (Å²) >= 11 is 2.70. The molecule has 0 aromatic rings. The van der Waals surface area contributed by atoms with Crippen LogP contribution in [0.3, 0.4) is 0 Å². The first kappa shape index (κ1) is 10.4. The number of carbonyl (C=O) groups is 2. The van der Waals surface area contributed by atoms with E-state index in [1.807, 2.05) is 13.8 Å². The molecule has 0 aliphatic rings. The van der Waals surface area contributed by atoms with Crippen molar-refractivity contribution in [2.75, 3.05) is 0 Å². The Hall–Kier alpha value is -0.580. The summed E-state index contributed by atoms with van der Waals surface area (Å²) < 4.78 is 2.11. The lowest BCUT2D eigenvalue weighted by Crippen LogP contribution is -2.35. The molecule has 2 N–H and O–H groups in total. The normalized spacial score (nSPS) is 9.45. The highest BCUT2D eigenvalue weighted by atomic mass is 79.9. The van der Waals surface area contributed by atoms with Crippen LogP contribution in [-0.2, 0) is 4.79 Å². The van der Waals surface area contributed by atoms with E-state index in [1.165, 1.54) is 0 Å². The SMILES string of the molecule is CC(C)CC(=O)NC(=O)NBr. The molecule has 11 heavy (non-hydrogen) atoms. The maximum Gasteiger partial charge on any atom is 0.331 e. The fraction of sp³-hybridized carbons (Fsp3) is 0.667. The quantitative estimate of drug-likeness (QED) is 0.690. The lowest BCUT2D eigenvalue weighted by molar-refractivity contribution is -0.120. The summed E-state index contributed by atoms with van der Waals surface area (Å²) in [6, 6.07) is -0.532. The number of nitrogens with one attached hydrogen (secondary N) is 2. The molecule has 0 aliphatic heterocycles. The smallest absolute Gasteiger partial charge is 0.277 e. The highest BCUT2D eigenvalue weighted by molar-refractivity contribution is 9.08. The van der Waals surface area contributed by atoms with Gasteiger partial charge in [0, 0.05) is 6.42 Å². The summed E-state index contributed by atoms with van der Waals surface area (Å²) in [5, 5.41) is 2.13. The number of carbonyl (C=O) groups excluding carboxylic acids is 2. The van der Waals surface area contributed by atoms with Crippen molar-refractivity contribution in [1.82, 2.24) is 9.66 Å². The van der Waals surface area contributed by atoms with Crippen LogP contribution in [0.25, 0.3) is 0 Å². The molecule has 0 aliphatic carbocycles. The van der Waals surface area contributed by atoms with Crippen molar-refractivity contribution in [3.63, 3.8) is 0 Å². The van der Waals surface area contributed by atoms with Gasteiger partial charge in [-0.3, -0.25) is 14.5 Å². The van der Waals surface area contributed by atoms with Crippen LogP contribution in [0.2, 0.25) is 0 Å². The summed E-state index contributed by atoms with van der Waals surface area (Å²) in [6.45, 7) is 3.82. The van der Waals surface area contributed by atoms with Gasteiger partial charge in [0.05, 0.1) is 16.1 Å². The molecule has 0 saturated carbocycles. The number of imide groups is 1. The van der Waals surface area contributed by atoms with Gasteiger partial charge in [0.25, 0.3) is 0 Å². The number of rotatable bonds is 2. The van der Waals surface area contributed by atoms with E-state index >= 15 is 0 Å². The first-order chi connectivity index (χ1) is 5.06. The van der Waals surface area contributed by atoms with Crippen LogP contribution in [-0.4, -0.2) is 11.9 Å². The third-order valence-corrected chi connectivity index (χ3v) is 1.29. The maximum atomic E-state index is 10.8. The molecule has 0 fully saturated rings. The highest BCUT2D eigenvalue weighted by Gasteiger charge is 2.07. The second-order valence-electron chi connectivity index (χ2n) is 2.57. The van der Waals surface area contributed by atoms with E-state index in [-0.39, 0.29) is 11.8 Å². The predicted octanol–water partition coefficient (Wildman–Crippen LogP) is 1.17. The minimum absolute atomic E-state index is 0.262. The van der Waals surface area contributed by atoms with Crippen molar-refractivity contribution < 1.29 is 9.59 Å². The van der Waals surface area contributed by atoms with Gasteiger partial charge in [-0.15, -0.1) is 0 Å². The zero-order chi connectivity index (χ0) is 8.85. The molecule has 0 rings (SSSR count). The van der Waals surface area contributed by atoms with Gasteiger partial charge in [-0.1, -0.05) is 13.8 Å². The first-order valence-electron chi connectivity index (χ1n) is 3.26. The van der Waals surface area contributed by atoms with Gasteiger partial charge in [0.2, 0.25) is 5.91 Å². The average molecular weight is 223 g/mol. The molecule has 0 aromatic heterocycles. The topological polar surface area (TPSA) is 58.2 Å². The van der Waals surface area contributed by atoms with Gasteiger partial charge in [-0.25, -0.2) is 4.79 Å². The van der Waals surface area contributed by atoms with E-state index in [2.05, 4.69) is 25.8 Å². The Morgan fingerprint density at radius 2 is 2.00 bits per heavy atom. The molecule has 3 amide bonds. The molecule has 64 valence electrons. The molecule has 0 saturated heterocycles. The van der Waals surface area contributed by atoms with Crippen LogP contribution >= 0.6 is 16.1 Å². The third-order valence-electron chi connectivity index (χ3n) is 0.932. The Morgan fingerprint density at radius 3 is 2.36 bits per heavy atom. The second-order valence-corrected chi connectivity index (χ2v) is 2.97. The van der Waals surface area contributed by atoms with Crippen LogP contribution in [0.1, 0.15) is 20.3 Å². The van der Waals surface area contributed by atoms with E-state index in [4.69, 9.17) is 0 Å². The van der Waals surface area contributed by atoms with E-state index in [0.29, 0.717) is 6.42 Å². The number of amides is 3.